The predicted octanol–water partition coefficient (Wildman–Crippen LogP) is 2.12. The molecule has 162 valence electrons. The number of nitrogens with one attached hydrogen (secondary N) is 2. The van der Waals surface area contributed by atoms with Crippen LogP contribution < -0.4 is 20.2 Å². The van der Waals surface area contributed by atoms with Crippen LogP contribution in [0, 0.1) is 10.1 Å². The standard InChI is InChI=1S/C19H14N6O6S/c26-16(8-17-23-24-19(32-17)21-18(27)11-4-2-1-3-5-11)22-20-9-12-6-14-15(31-10-30-14)7-13(12)25(28)29/h1-7,9H,8,10H2,(H,22,26)(H,21,24,27)/b20-9+. The third kappa shape index (κ3) is 4.84. The maximum Gasteiger partial charge on any atom is 0.282 e. The van der Waals surface area contributed by atoms with Crippen LogP contribution in [0.1, 0.15) is 20.9 Å². The number of nitro groups is 1. The smallest absolute Gasteiger partial charge is 0.282 e. The number of carbonyl (C=O) groups excluding carboxylic acids is 2. The van der Waals surface area contributed by atoms with E-state index in [1.54, 1.807) is 30.3 Å². The van der Waals surface area contributed by atoms with E-state index in [1.807, 2.05) is 0 Å². The normalized spacial score (nSPS) is 12.0. The summed E-state index contributed by atoms with van der Waals surface area (Å²) in [6.07, 6.45) is 1.00. The second-order valence-electron chi connectivity index (χ2n) is 6.31. The number of hydrazone groups is 1. The van der Waals surface area contributed by atoms with Gasteiger partial charge in [-0.25, -0.2) is 5.43 Å². The van der Waals surface area contributed by atoms with Gasteiger partial charge in [0.1, 0.15) is 5.01 Å². The molecule has 1 aliphatic rings. The zero-order chi connectivity index (χ0) is 22.5. The summed E-state index contributed by atoms with van der Waals surface area (Å²) in [4.78, 5) is 34.9. The number of hydrogen-bond acceptors (Lipinski definition) is 10. The van der Waals surface area contributed by atoms with E-state index in [0.717, 1.165) is 17.6 Å². The fraction of sp³-hybridized carbons (Fsp3) is 0.105. The first-order valence-electron chi connectivity index (χ1n) is 9.08. The number of nitro benzene ring substituents is 1. The summed E-state index contributed by atoms with van der Waals surface area (Å²) >= 11 is 1.05. The molecule has 0 saturated heterocycles. The lowest BCUT2D eigenvalue weighted by Gasteiger charge is -2.01. The van der Waals surface area contributed by atoms with E-state index >= 15 is 0 Å². The highest BCUT2D eigenvalue weighted by molar-refractivity contribution is 7.15. The first-order chi connectivity index (χ1) is 15.5. The zero-order valence-corrected chi connectivity index (χ0v) is 17.0. The minimum atomic E-state index is -0.586. The Hall–Kier alpha value is -4.39. The van der Waals surface area contributed by atoms with Crippen molar-refractivity contribution in [3.63, 3.8) is 0 Å². The van der Waals surface area contributed by atoms with Gasteiger partial charge in [-0.15, -0.1) is 10.2 Å². The summed E-state index contributed by atoms with van der Waals surface area (Å²) in [5, 5.41) is 25.9. The minimum absolute atomic E-state index is 0.0283. The highest BCUT2D eigenvalue weighted by Gasteiger charge is 2.22. The van der Waals surface area contributed by atoms with Crippen LogP contribution in [-0.2, 0) is 11.2 Å². The monoisotopic (exact) mass is 454 g/mol. The highest BCUT2D eigenvalue weighted by Crippen LogP contribution is 2.37. The molecular formula is C19H14N6O6S. The van der Waals surface area contributed by atoms with Gasteiger partial charge in [-0.1, -0.05) is 29.5 Å². The molecule has 2 N–H and O–H groups in total. The molecule has 0 spiro atoms. The Morgan fingerprint density at radius 2 is 1.94 bits per heavy atom. The molecule has 0 fully saturated rings. The van der Waals surface area contributed by atoms with Crippen molar-refractivity contribution < 1.29 is 24.0 Å². The molecule has 0 saturated carbocycles. The lowest BCUT2D eigenvalue weighted by atomic mass is 10.1. The molecule has 1 aliphatic heterocycles. The SMILES string of the molecule is O=C(Cc1nnc(NC(=O)c2ccccc2)s1)N/N=C/c1cc2c(cc1[N+](=O)[O-])OCO2. The van der Waals surface area contributed by atoms with E-state index in [2.05, 4.69) is 26.0 Å². The van der Waals surface area contributed by atoms with Crippen molar-refractivity contribution in [3.8, 4) is 11.5 Å². The van der Waals surface area contributed by atoms with Gasteiger partial charge in [0.2, 0.25) is 17.8 Å². The van der Waals surface area contributed by atoms with Gasteiger partial charge in [0.25, 0.3) is 11.6 Å². The average molecular weight is 454 g/mol. The number of benzene rings is 2. The maximum atomic E-state index is 12.1. The number of carbonyl (C=O) groups is 2. The van der Waals surface area contributed by atoms with Crippen LogP contribution in [0.15, 0.2) is 47.6 Å². The van der Waals surface area contributed by atoms with Crippen LogP contribution >= 0.6 is 11.3 Å². The van der Waals surface area contributed by atoms with E-state index < -0.39 is 10.8 Å². The van der Waals surface area contributed by atoms with Crippen molar-refractivity contribution in [3.05, 3.63) is 68.7 Å². The molecule has 2 aromatic carbocycles. The topological polar surface area (TPSA) is 158 Å². The second kappa shape index (κ2) is 9.18. The van der Waals surface area contributed by atoms with Crippen molar-refractivity contribution in [1.82, 2.24) is 15.6 Å². The van der Waals surface area contributed by atoms with Crippen LogP contribution in [0.4, 0.5) is 10.8 Å². The summed E-state index contributed by atoms with van der Waals surface area (Å²) in [7, 11) is 0. The van der Waals surface area contributed by atoms with Crippen molar-refractivity contribution in [2.45, 2.75) is 6.42 Å². The van der Waals surface area contributed by atoms with Gasteiger partial charge in [0, 0.05) is 5.56 Å². The summed E-state index contributed by atoms with van der Waals surface area (Å²) in [5.74, 6) is -0.235. The molecule has 0 unspecified atom stereocenters. The van der Waals surface area contributed by atoms with Crippen molar-refractivity contribution >= 4 is 40.2 Å². The first kappa shape index (κ1) is 20.9. The molecule has 4 rings (SSSR count). The average Bonchev–Trinajstić information content (AvgIpc) is 3.42. The van der Waals surface area contributed by atoms with Crippen molar-refractivity contribution in [1.29, 1.82) is 0 Å². The number of fused-ring (bicyclic) bond motifs is 1. The summed E-state index contributed by atoms with van der Waals surface area (Å²) in [6.45, 7) is -0.0283. The Kier molecular flexibility index (Phi) is 5.98. The van der Waals surface area contributed by atoms with Crippen LogP contribution in [0.2, 0.25) is 0 Å². The van der Waals surface area contributed by atoms with Crippen LogP contribution in [0.3, 0.4) is 0 Å². The Morgan fingerprint density at radius 1 is 1.19 bits per heavy atom. The van der Waals surface area contributed by atoms with Gasteiger partial charge >= 0.3 is 0 Å². The Balaban J connectivity index is 1.34. The quantitative estimate of drug-likeness (QED) is 0.312. The van der Waals surface area contributed by atoms with E-state index in [9.17, 15) is 19.7 Å². The van der Waals surface area contributed by atoms with Gasteiger partial charge in [-0.05, 0) is 18.2 Å². The molecule has 13 heteroatoms. The van der Waals surface area contributed by atoms with E-state index in [0.29, 0.717) is 16.3 Å². The van der Waals surface area contributed by atoms with Crippen LogP contribution in [0.25, 0.3) is 0 Å². The molecule has 2 heterocycles. The fourth-order valence-electron chi connectivity index (χ4n) is 2.69. The van der Waals surface area contributed by atoms with Crippen LogP contribution in [0.5, 0.6) is 11.5 Å². The minimum Gasteiger partial charge on any atom is -0.454 e. The molecule has 12 nitrogen and oxygen atoms in total. The molecule has 0 radical (unpaired) electrons. The molecule has 2 amide bonds. The number of aromatic nitrogens is 2. The molecular weight excluding hydrogens is 440 g/mol. The highest BCUT2D eigenvalue weighted by atomic mass is 32.1. The lowest BCUT2D eigenvalue weighted by molar-refractivity contribution is -0.385. The summed E-state index contributed by atoms with van der Waals surface area (Å²) in [6, 6.07) is 11.2. The molecule has 32 heavy (non-hydrogen) atoms. The maximum absolute atomic E-state index is 12.1. The summed E-state index contributed by atoms with van der Waals surface area (Å²) in [5.41, 5.74) is 2.64. The molecule has 3 aromatic rings. The van der Waals surface area contributed by atoms with Gasteiger partial charge in [0.15, 0.2) is 11.5 Å². The number of nitrogens with zero attached hydrogens (tertiary/aromatic N) is 4. The van der Waals surface area contributed by atoms with Gasteiger partial charge < -0.3 is 9.47 Å². The number of hydrogen-bond donors (Lipinski definition) is 2. The first-order valence-corrected chi connectivity index (χ1v) is 9.90. The van der Waals surface area contributed by atoms with Crippen molar-refractivity contribution in [2.24, 2.45) is 5.10 Å². The number of ether oxygens (including phenoxy) is 2. The Bertz CT molecular complexity index is 1210. The summed E-state index contributed by atoms with van der Waals surface area (Å²) < 4.78 is 10.3. The molecule has 1 aromatic heterocycles. The van der Waals surface area contributed by atoms with E-state index in [-0.39, 0.29) is 41.3 Å². The van der Waals surface area contributed by atoms with Gasteiger partial charge in [-0.2, -0.15) is 5.10 Å². The second-order valence-corrected chi connectivity index (χ2v) is 7.37. The van der Waals surface area contributed by atoms with Crippen molar-refractivity contribution in [2.75, 3.05) is 12.1 Å². The largest absolute Gasteiger partial charge is 0.454 e. The van der Waals surface area contributed by atoms with E-state index in [4.69, 9.17) is 9.47 Å². The molecule has 0 atom stereocenters. The lowest BCUT2D eigenvalue weighted by Crippen LogP contribution is -2.19. The van der Waals surface area contributed by atoms with E-state index in [1.165, 1.54) is 12.1 Å². The fourth-order valence-corrected chi connectivity index (χ4v) is 3.43. The van der Waals surface area contributed by atoms with Gasteiger partial charge in [0.05, 0.1) is 29.2 Å². The van der Waals surface area contributed by atoms with Crippen LogP contribution in [-0.4, -0.2) is 39.9 Å². The Morgan fingerprint density at radius 3 is 2.69 bits per heavy atom. The third-order valence-corrected chi connectivity index (χ3v) is 4.99. The number of amides is 2. The third-order valence-electron chi connectivity index (χ3n) is 4.15. The predicted molar refractivity (Wildman–Crippen MR) is 113 cm³/mol. The number of rotatable bonds is 7. The molecule has 0 bridgehead atoms. The molecule has 0 aliphatic carbocycles. The zero-order valence-electron chi connectivity index (χ0n) is 16.2. The number of anilines is 1. The van der Waals surface area contributed by atoms with Gasteiger partial charge in [-0.3, -0.25) is 25.0 Å². The Labute approximate surface area is 184 Å².